The predicted molar refractivity (Wildman–Crippen MR) is 78.2 cm³/mol. The lowest BCUT2D eigenvalue weighted by Gasteiger charge is -2.23. The van der Waals surface area contributed by atoms with Crippen molar-refractivity contribution < 1.29 is 4.74 Å². The van der Waals surface area contributed by atoms with Gasteiger partial charge in [0, 0.05) is 11.6 Å². The van der Waals surface area contributed by atoms with E-state index in [1.54, 1.807) is 0 Å². The minimum Gasteiger partial charge on any atom is -0.493 e. The summed E-state index contributed by atoms with van der Waals surface area (Å²) in [6, 6.07) is 6.39. The third-order valence-electron chi connectivity index (χ3n) is 5.00. The van der Waals surface area contributed by atoms with Crippen LogP contribution in [0.15, 0.2) is 18.2 Å². The highest BCUT2D eigenvalue weighted by molar-refractivity contribution is 5.38. The zero-order chi connectivity index (χ0) is 13.4. The highest BCUT2D eigenvalue weighted by atomic mass is 16.5. The van der Waals surface area contributed by atoms with Gasteiger partial charge < -0.3 is 10.5 Å². The molecule has 4 atom stereocenters. The number of rotatable bonds is 4. The fraction of sp³-hybridized carbons (Fsp3) is 0.647. The van der Waals surface area contributed by atoms with Crippen molar-refractivity contribution in [3.63, 3.8) is 0 Å². The molecule has 0 aromatic heterocycles. The maximum absolute atomic E-state index is 6.14. The van der Waals surface area contributed by atoms with E-state index >= 15 is 0 Å². The number of nitrogens with two attached hydrogens (primary N) is 1. The fourth-order valence-electron chi connectivity index (χ4n) is 3.92. The molecule has 3 unspecified atom stereocenters. The molecule has 2 aliphatic carbocycles. The van der Waals surface area contributed by atoms with Crippen molar-refractivity contribution in [3.05, 3.63) is 29.3 Å². The average molecular weight is 259 g/mol. The molecule has 2 N–H and O–H groups in total. The Morgan fingerprint density at radius 3 is 2.79 bits per heavy atom. The lowest BCUT2D eigenvalue weighted by Crippen LogP contribution is -2.19. The van der Waals surface area contributed by atoms with E-state index < -0.39 is 0 Å². The second-order valence-corrected chi connectivity index (χ2v) is 6.58. The van der Waals surface area contributed by atoms with Gasteiger partial charge in [0.25, 0.3) is 0 Å². The molecule has 0 aliphatic heterocycles. The molecular formula is C17H25NO. The molecule has 0 saturated heterocycles. The first kappa shape index (κ1) is 13.0. The van der Waals surface area contributed by atoms with Crippen LogP contribution in [0.2, 0.25) is 0 Å². The van der Waals surface area contributed by atoms with Crippen LogP contribution in [0.4, 0.5) is 0 Å². The maximum atomic E-state index is 6.14. The summed E-state index contributed by atoms with van der Waals surface area (Å²) in [4.78, 5) is 0. The van der Waals surface area contributed by atoms with Crippen LogP contribution in [0.3, 0.4) is 0 Å². The maximum Gasteiger partial charge on any atom is 0.124 e. The molecule has 1 aromatic carbocycles. The Labute approximate surface area is 116 Å². The second kappa shape index (κ2) is 5.16. The summed E-state index contributed by atoms with van der Waals surface area (Å²) in [6.07, 6.45) is 5.70. The van der Waals surface area contributed by atoms with E-state index in [1.165, 1.54) is 31.2 Å². The van der Waals surface area contributed by atoms with Gasteiger partial charge in [-0.2, -0.15) is 0 Å². The summed E-state index contributed by atoms with van der Waals surface area (Å²) in [6.45, 7) is 5.01. The predicted octanol–water partition coefficient (Wildman–Crippen LogP) is 3.83. The monoisotopic (exact) mass is 259 g/mol. The molecule has 0 heterocycles. The first-order valence-electron chi connectivity index (χ1n) is 7.62. The molecule has 104 valence electrons. The van der Waals surface area contributed by atoms with Crippen LogP contribution in [0, 0.1) is 24.7 Å². The van der Waals surface area contributed by atoms with Gasteiger partial charge in [-0.25, -0.2) is 0 Å². The van der Waals surface area contributed by atoms with Crippen molar-refractivity contribution in [3.8, 4) is 5.75 Å². The first-order chi connectivity index (χ1) is 9.13. The molecular weight excluding hydrogens is 234 g/mol. The van der Waals surface area contributed by atoms with Gasteiger partial charge in [0.05, 0.1) is 6.61 Å². The Balaban J connectivity index is 1.67. The zero-order valence-corrected chi connectivity index (χ0v) is 12.1. The van der Waals surface area contributed by atoms with Crippen molar-refractivity contribution in [2.45, 2.75) is 45.6 Å². The second-order valence-electron chi connectivity index (χ2n) is 6.58. The molecule has 2 nitrogen and oxygen atoms in total. The molecule has 3 rings (SSSR count). The number of hydrogen-bond donors (Lipinski definition) is 1. The van der Waals surface area contributed by atoms with Crippen LogP contribution in [-0.2, 0) is 0 Å². The third-order valence-corrected chi connectivity index (χ3v) is 5.00. The Kier molecular flexibility index (Phi) is 3.53. The molecule has 2 fully saturated rings. The molecule has 2 aliphatic rings. The van der Waals surface area contributed by atoms with Crippen LogP contribution in [-0.4, -0.2) is 6.61 Å². The van der Waals surface area contributed by atoms with E-state index in [0.29, 0.717) is 0 Å². The lowest BCUT2D eigenvalue weighted by molar-refractivity contribution is 0.193. The fourth-order valence-corrected chi connectivity index (χ4v) is 3.92. The van der Waals surface area contributed by atoms with E-state index in [1.807, 2.05) is 6.92 Å². The van der Waals surface area contributed by atoms with Crippen molar-refractivity contribution in [1.82, 2.24) is 0 Å². The SMILES string of the molecule is Cc1ccc([C@@H](C)N)c(OCC2CC3CCC2C3)c1. The summed E-state index contributed by atoms with van der Waals surface area (Å²) in [5.41, 5.74) is 8.40. The minimum absolute atomic E-state index is 0.0376. The van der Waals surface area contributed by atoms with E-state index in [9.17, 15) is 0 Å². The van der Waals surface area contributed by atoms with E-state index in [-0.39, 0.29) is 6.04 Å². The summed E-state index contributed by atoms with van der Waals surface area (Å²) in [5.74, 6) is 3.69. The molecule has 0 spiro atoms. The van der Waals surface area contributed by atoms with Crippen LogP contribution in [0.5, 0.6) is 5.75 Å². The van der Waals surface area contributed by atoms with Gasteiger partial charge in [-0.15, -0.1) is 0 Å². The van der Waals surface area contributed by atoms with Gasteiger partial charge in [0.1, 0.15) is 5.75 Å². The van der Waals surface area contributed by atoms with E-state index in [0.717, 1.165) is 35.7 Å². The molecule has 1 aromatic rings. The molecule has 2 heteroatoms. The Morgan fingerprint density at radius 2 is 2.16 bits per heavy atom. The Bertz CT molecular complexity index is 455. The summed E-state index contributed by atoms with van der Waals surface area (Å²) >= 11 is 0. The lowest BCUT2D eigenvalue weighted by atomic mass is 9.89. The molecule has 2 bridgehead atoms. The quantitative estimate of drug-likeness (QED) is 0.892. The number of benzene rings is 1. The molecule has 2 saturated carbocycles. The van der Waals surface area contributed by atoms with Gasteiger partial charge in [0.2, 0.25) is 0 Å². The van der Waals surface area contributed by atoms with Crippen LogP contribution < -0.4 is 10.5 Å². The Hall–Kier alpha value is -1.02. The van der Waals surface area contributed by atoms with Gasteiger partial charge in [-0.1, -0.05) is 18.6 Å². The first-order valence-corrected chi connectivity index (χ1v) is 7.62. The minimum atomic E-state index is 0.0376. The largest absolute Gasteiger partial charge is 0.493 e. The topological polar surface area (TPSA) is 35.2 Å². The molecule has 0 amide bonds. The number of ether oxygens (including phenoxy) is 1. The standard InChI is InChI=1S/C17H25NO/c1-11-3-6-16(12(2)18)17(7-11)19-10-15-9-13-4-5-14(15)8-13/h3,6-7,12-15H,4-5,8-10,18H2,1-2H3/t12-,13?,14?,15?/m1/s1. The van der Waals surface area contributed by atoms with Crippen LogP contribution in [0.1, 0.15) is 49.8 Å². The van der Waals surface area contributed by atoms with Gasteiger partial charge in [-0.3, -0.25) is 0 Å². The van der Waals surface area contributed by atoms with Gasteiger partial charge in [0.15, 0.2) is 0 Å². The Morgan fingerprint density at radius 1 is 1.32 bits per heavy atom. The number of hydrogen-bond acceptors (Lipinski definition) is 2. The summed E-state index contributed by atoms with van der Waals surface area (Å²) < 4.78 is 6.14. The highest BCUT2D eigenvalue weighted by Crippen LogP contribution is 2.48. The third kappa shape index (κ3) is 2.64. The van der Waals surface area contributed by atoms with Crippen molar-refractivity contribution in [2.24, 2.45) is 23.5 Å². The van der Waals surface area contributed by atoms with Crippen LogP contribution in [0.25, 0.3) is 0 Å². The zero-order valence-electron chi connectivity index (χ0n) is 12.1. The summed E-state index contributed by atoms with van der Waals surface area (Å²) in [7, 11) is 0. The smallest absolute Gasteiger partial charge is 0.124 e. The van der Waals surface area contributed by atoms with E-state index in [4.69, 9.17) is 10.5 Å². The number of fused-ring (bicyclic) bond motifs is 2. The molecule has 19 heavy (non-hydrogen) atoms. The summed E-state index contributed by atoms with van der Waals surface area (Å²) in [5, 5.41) is 0. The van der Waals surface area contributed by atoms with Crippen LogP contribution >= 0.6 is 0 Å². The highest BCUT2D eigenvalue weighted by Gasteiger charge is 2.39. The average Bonchev–Trinajstić information content (AvgIpc) is 2.98. The van der Waals surface area contributed by atoms with Gasteiger partial charge in [-0.05, 0) is 62.5 Å². The van der Waals surface area contributed by atoms with Gasteiger partial charge >= 0.3 is 0 Å². The number of aryl methyl sites for hydroxylation is 1. The van der Waals surface area contributed by atoms with E-state index in [2.05, 4.69) is 25.1 Å². The van der Waals surface area contributed by atoms with Crippen molar-refractivity contribution >= 4 is 0 Å². The normalized spacial score (nSPS) is 30.6. The molecule has 0 radical (unpaired) electrons. The van der Waals surface area contributed by atoms with Crippen molar-refractivity contribution in [1.29, 1.82) is 0 Å². The van der Waals surface area contributed by atoms with Crippen molar-refractivity contribution in [2.75, 3.05) is 6.61 Å².